The second-order valence-electron chi connectivity index (χ2n) is 3.63. The van der Waals surface area contributed by atoms with Crippen LogP contribution >= 0.6 is 11.6 Å². The van der Waals surface area contributed by atoms with Crippen LogP contribution in [-0.4, -0.2) is 22.9 Å². The Bertz CT molecular complexity index is 573. The number of halogens is 1. The van der Waals surface area contributed by atoms with Crippen LogP contribution in [0, 0.1) is 0 Å². The summed E-state index contributed by atoms with van der Waals surface area (Å²) in [5, 5.41) is 3.13. The van der Waals surface area contributed by atoms with Crippen LogP contribution in [0.3, 0.4) is 0 Å². The SMILES string of the molecule is CCOc1ccc(Nc2ncnc(Cl)c2C=O)cc1. The molecule has 1 aromatic carbocycles. The van der Waals surface area contributed by atoms with Gasteiger partial charge in [-0.3, -0.25) is 4.79 Å². The molecule has 0 spiro atoms. The van der Waals surface area contributed by atoms with Gasteiger partial charge in [0.25, 0.3) is 0 Å². The molecular formula is C13H12ClN3O2. The van der Waals surface area contributed by atoms with Gasteiger partial charge in [0.05, 0.1) is 12.2 Å². The first kappa shape index (κ1) is 13.3. The summed E-state index contributed by atoms with van der Waals surface area (Å²) in [5.74, 6) is 1.16. The van der Waals surface area contributed by atoms with Crippen LogP contribution in [0.25, 0.3) is 0 Å². The average Bonchev–Trinajstić information content (AvgIpc) is 2.42. The molecule has 1 N–H and O–H groups in total. The molecule has 19 heavy (non-hydrogen) atoms. The molecule has 1 aromatic heterocycles. The van der Waals surface area contributed by atoms with Crippen LogP contribution in [0.2, 0.25) is 5.15 Å². The summed E-state index contributed by atoms with van der Waals surface area (Å²) < 4.78 is 5.34. The number of nitrogens with zero attached hydrogens (tertiary/aromatic N) is 2. The number of rotatable bonds is 5. The van der Waals surface area contributed by atoms with Gasteiger partial charge in [-0.2, -0.15) is 0 Å². The van der Waals surface area contributed by atoms with E-state index in [1.165, 1.54) is 6.33 Å². The fourth-order valence-electron chi connectivity index (χ4n) is 1.52. The Labute approximate surface area is 115 Å². The molecular weight excluding hydrogens is 266 g/mol. The maximum absolute atomic E-state index is 11.0. The van der Waals surface area contributed by atoms with Crippen LogP contribution in [0.5, 0.6) is 5.75 Å². The Kier molecular flexibility index (Phi) is 4.30. The zero-order chi connectivity index (χ0) is 13.7. The topological polar surface area (TPSA) is 64.1 Å². The van der Waals surface area contributed by atoms with Crippen molar-refractivity contribution >= 4 is 29.4 Å². The van der Waals surface area contributed by atoms with E-state index in [1.807, 2.05) is 31.2 Å². The van der Waals surface area contributed by atoms with E-state index >= 15 is 0 Å². The minimum Gasteiger partial charge on any atom is -0.494 e. The normalized spacial score (nSPS) is 10.0. The quantitative estimate of drug-likeness (QED) is 0.672. The lowest BCUT2D eigenvalue weighted by Crippen LogP contribution is -2.00. The van der Waals surface area contributed by atoms with Crippen LogP contribution < -0.4 is 10.1 Å². The molecule has 0 aliphatic carbocycles. The number of hydrogen-bond donors (Lipinski definition) is 1. The first-order chi connectivity index (χ1) is 9.24. The minimum absolute atomic E-state index is 0.124. The molecule has 0 fully saturated rings. The van der Waals surface area contributed by atoms with Crippen molar-refractivity contribution in [2.75, 3.05) is 11.9 Å². The van der Waals surface area contributed by atoms with Crippen molar-refractivity contribution in [3.63, 3.8) is 0 Å². The van der Waals surface area contributed by atoms with Gasteiger partial charge in [-0.25, -0.2) is 9.97 Å². The molecule has 0 aliphatic heterocycles. The second kappa shape index (κ2) is 6.15. The fraction of sp³-hybridized carbons (Fsp3) is 0.154. The number of ether oxygens (including phenoxy) is 1. The molecule has 0 unspecified atom stereocenters. The maximum atomic E-state index is 11.0. The van der Waals surface area contributed by atoms with Gasteiger partial charge in [0.2, 0.25) is 0 Å². The van der Waals surface area contributed by atoms with E-state index in [0.717, 1.165) is 11.4 Å². The van der Waals surface area contributed by atoms with Crippen LogP contribution in [0.4, 0.5) is 11.5 Å². The molecule has 5 nitrogen and oxygen atoms in total. The summed E-state index contributed by atoms with van der Waals surface area (Å²) in [5.41, 5.74) is 1.01. The van der Waals surface area contributed by atoms with Crippen molar-refractivity contribution in [1.82, 2.24) is 9.97 Å². The van der Waals surface area contributed by atoms with E-state index in [9.17, 15) is 4.79 Å². The zero-order valence-corrected chi connectivity index (χ0v) is 11.0. The second-order valence-corrected chi connectivity index (χ2v) is 3.99. The number of anilines is 2. The average molecular weight is 278 g/mol. The Hall–Kier alpha value is -2.14. The molecule has 2 rings (SSSR count). The minimum atomic E-state index is 0.124. The highest BCUT2D eigenvalue weighted by Crippen LogP contribution is 2.23. The third kappa shape index (κ3) is 3.20. The molecule has 6 heteroatoms. The lowest BCUT2D eigenvalue weighted by Gasteiger charge is -2.09. The Morgan fingerprint density at radius 2 is 2.05 bits per heavy atom. The lowest BCUT2D eigenvalue weighted by molar-refractivity contribution is 0.112. The summed E-state index contributed by atoms with van der Waals surface area (Å²) in [4.78, 5) is 18.7. The van der Waals surface area contributed by atoms with Gasteiger partial charge in [0.15, 0.2) is 6.29 Å². The van der Waals surface area contributed by atoms with Crippen molar-refractivity contribution in [1.29, 1.82) is 0 Å². The summed E-state index contributed by atoms with van der Waals surface area (Å²) in [6.07, 6.45) is 1.92. The number of hydrogen-bond acceptors (Lipinski definition) is 5. The number of carbonyl (C=O) groups is 1. The highest BCUT2D eigenvalue weighted by atomic mass is 35.5. The van der Waals surface area contributed by atoms with Gasteiger partial charge in [-0.15, -0.1) is 0 Å². The number of aromatic nitrogens is 2. The molecule has 0 radical (unpaired) electrons. The monoisotopic (exact) mass is 277 g/mol. The van der Waals surface area contributed by atoms with E-state index in [2.05, 4.69) is 15.3 Å². The Morgan fingerprint density at radius 3 is 2.68 bits per heavy atom. The summed E-state index contributed by atoms with van der Waals surface area (Å²) in [6, 6.07) is 7.32. The van der Waals surface area contributed by atoms with E-state index in [4.69, 9.17) is 16.3 Å². The number of benzene rings is 1. The van der Waals surface area contributed by atoms with Gasteiger partial charge >= 0.3 is 0 Å². The highest BCUT2D eigenvalue weighted by Gasteiger charge is 2.09. The third-order valence-corrected chi connectivity index (χ3v) is 2.68. The zero-order valence-electron chi connectivity index (χ0n) is 10.3. The van der Waals surface area contributed by atoms with Gasteiger partial charge in [-0.1, -0.05) is 11.6 Å². The van der Waals surface area contributed by atoms with E-state index < -0.39 is 0 Å². The van der Waals surface area contributed by atoms with Gasteiger partial charge < -0.3 is 10.1 Å². The van der Waals surface area contributed by atoms with E-state index in [-0.39, 0.29) is 10.7 Å². The number of nitrogens with one attached hydrogen (secondary N) is 1. The predicted octanol–water partition coefficient (Wildman–Crippen LogP) is 3.08. The molecule has 1 heterocycles. The highest BCUT2D eigenvalue weighted by molar-refractivity contribution is 6.32. The van der Waals surface area contributed by atoms with E-state index in [1.54, 1.807) is 0 Å². The first-order valence-corrected chi connectivity index (χ1v) is 6.08. The molecule has 0 saturated carbocycles. The molecule has 0 bridgehead atoms. The van der Waals surface area contributed by atoms with Crippen molar-refractivity contribution in [2.24, 2.45) is 0 Å². The third-order valence-electron chi connectivity index (χ3n) is 2.38. The van der Waals surface area contributed by atoms with Crippen LogP contribution in [0.15, 0.2) is 30.6 Å². The van der Waals surface area contributed by atoms with Crippen molar-refractivity contribution in [2.45, 2.75) is 6.92 Å². The Balaban J connectivity index is 2.21. The van der Waals surface area contributed by atoms with Gasteiger partial charge in [0.1, 0.15) is 23.0 Å². The molecule has 0 aliphatic rings. The molecule has 0 amide bonds. The molecule has 0 atom stereocenters. The summed E-state index contributed by atoms with van der Waals surface area (Å²) in [7, 11) is 0. The Morgan fingerprint density at radius 1 is 1.32 bits per heavy atom. The first-order valence-electron chi connectivity index (χ1n) is 5.70. The van der Waals surface area contributed by atoms with Crippen molar-refractivity contribution in [3.8, 4) is 5.75 Å². The molecule has 2 aromatic rings. The fourth-order valence-corrected chi connectivity index (χ4v) is 1.69. The van der Waals surface area contributed by atoms with Gasteiger partial charge in [-0.05, 0) is 31.2 Å². The number of carbonyl (C=O) groups excluding carboxylic acids is 1. The van der Waals surface area contributed by atoms with Crippen molar-refractivity contribution in [3.05, 3.63) is 41.3 Å². The lowest BCUT2D eigenvalue weighted by atomic mass is 10.2. The molecule has 0 saturated heterocycles. The van der Waals surface area contributed by atoms with E-state index in [0.29, 0.717) is 18.7 Å². The van der Waals surface area contributed by atoms with Crippen molar-refractivity contribution < 1.29 is 9.53 Å². The maximum Gasteiger partial charge on any atom is 0.156 e. The standard InChI is InChI=1S/C13H12ClN3O2/c1-2-19-10-5-3-9(4-6-10)17-13-11(7-18)12(14)15-8-16-13/h3-8H,2H2,1H3,(H,15,16,17). The summed E-state index contributed by atoms with van der Waals surface area (Å²) in [6.45, 7) is 2.54. The van der Waals surface area contributed by atoms with Crippen LogP contribution in [0.1, 0.15) is 17.3 Å². The summed E-state index contributed by atoms with van der Waals surface area (Å²) >= 11 is 5.82. The van der Waals surface area contributed by atoms with Crippen LogP contribution in [-0.2, 0) is 0 Å². The predicted molar refractivity (Wildman–Crippen MR) is 73.3 cm³/mol. The van der Waals surface area contributed by atoms with Gasteiger partial charge in [0, 0.05) is 5.69 Å². The smallest absolute Gasteiger partial charge is 0.156 e. The number of aldehydes is 1. The molecule has 98 valence electrons. The largest absolute Gasteiger partial charge is 0.494 e.